The molecule has 2 nitrogen and oxygen atoms in total. The van der Waals surface area contributed by atoms with E-state index in [1.165, 1.54) is 59.1 Å². The van der Waals surface area contributed by atoms with Crippen molar-refractivity contribution in [3.8, 4) is 78.4 Å². The van der Waals surface area contributed by atoms with Crippen LogP contribution in [-0.4, -0.2) is 9.97 Å². The molecule has 58 heavy (non-hydrogen) atoms. The molecule has 2 aromatic heterocycles. The molecule has 0 amide bonds. The van der Waals surface area contributed by atoms with Crippen molar-refractivity contribution >= 4 is 31.5 Å². The first-order valence-corrected chi connectivity index (χ1v) is 20.7. The predicted molar refractivity (Wildman–Crippen MR) is 245 cm³/mol. The van der Waals surface area contributed by atoms with E-state index in [1.807, 2.05) is 11.3 Å². The third-order valence-corrected chi connectivity index (χ3v) is 13.1. The van der Waals surface area contributed by atoms with Crippen LogP contribution in [0.2, 0.25) is 0 Å². The molecule has 2 heterocycles. The van der Waals surface area contributed by atoms with E-state index in [-0.39, 0.29) is 5.41 Å². The first kappa shape index (κ1) is 34.3. The van der Waals surface area contributed by atoms with Gasteiger partial charge in [0, 0.05) is 42.3 Å². The summed E-state index contributed by atoms with van der Waals surface area (Å²) in [4.78, 5) is 10.8. The third-order valence-electron chi connectivity index (χ3n) is 11.9. The van der Waals surface area contributed by atoms with Gasteiger partial charge in [-0.3, -0.25) is 0 Å². The highest BCUT2D eigenvalue weighted by Crippen LogP contribution is 2.50. The molecular weight excluding hydrogens is 721 g/mol. The van der Waals surface area contributed by atoms with Gasteiger partial charge in [0.25, 0.3) is 0 Å². The molecule has 0 spiro atoms. The minimum absolute atomic E-state index is 0.128. The SMILES string of the molecule is CC1(C)c2ccccc2-c2ccc(-c3cc(-c4cc(-c5ccccc5)cc(-c5cccc6c5sc5ccccc56)c4)nc(-c4cccc(-c5ccccc5)c4)n3)cc21. The monoisotopic (exact) mass is 758 g/mol. The molecule has 3 heteroatoms. The average Bonchev–Trinajstić information content (AvgIpc) is 3.78. The minimum atomic E-state index is -0.128. The second-order valence-electron chi connectivity index (χ2n) is 15.8. The summed E-state index contributed by atoms with van der Waals surface area (Å²) < 4.78 is 2.59. The maximum atomic E-state index is 5.43. The van der Waals surface area contributed by atoms with E-state index in [1.54, 1.807) is 0 Å². The Balaban J connectivity index is 1.14. The number of benzene rings is 8. The van der Waals surface area contributed by atoms with Gasteiger partial charge >= 0.3 is 0 Å². The summed E-state index contributed by atoms with van der Waals surface area (Å²) in [6.45, 7) is 4.67. The fourth-order valence-electron chi connectivity index (χ4n) is 8.91. The summed E-state index contributed by atoms with van der Waals surface area (Å²) in [6.07, 6.45) is 0. The fraction of sp³-hybridized carbons (Fsp3) is 0.0545. The zero-order valence-corrected chi connectivity index (χ0v) is 33.1. The Hall–Kier alpha value is -6.94. The average molecular weight is 759 g/mol. The molecule has 1 aliphatic carbocycles. The number of thiophene rings is 1. The molecule has 0 N–H and O–H groups in total. The van der Waals surface area contributed by atoms with E-state index in [2.05, 4.69) is 208 Å². The maximum Gasteiger partial charge on any atom is 0.160 e. The van der Waals surface area contributed by atoms with Crippen LogP contribution < -0.4 is 0 Å². The van der Waals surface area contributed by atoms with Crippen LogP contribution in [0.15, 0.2) is 194 Å². The van der Waals surface area contributed by atoms with Gasteiger partial charge in [-0.25, -0.2) is 9.97 Å². The molecule has 0 unspecified atom stereocenters. The Labute approximate surface area is 342 Å². The second-order valence-corrected chi connectivity index (χ2v) is 16.8. The Bertz CT molecular complexity index is 3190. The number of hydrogen-bond donors (Lipinski definition) is 0. The normalized spacial score (nSPS) is 12.8. The minimum Gasteiger partial charge on any atom is -0.228 e. The molecule has 10 aromatic rings. The number of rotatable bonds is 6. The summed E-state index contributed by atoms with van der Waals surface area (Å²) in [5, 5.41) is 2.59. The molecule has 1 aliphatic rings. The van der Waals surface area contributed by atoms with Gasteiger partial charge in [-0.15, -0.1) is 11.3 Å². The van der Waals surface area contributed by atoms with Crippen LogP contribution in [0.4, 0.5) is 0 Å². The zero-order chi connectivity index (χ0) is 38.8. The molecule has 0 fully saturated rings. The van der Waals surface area contributed by atoms with E-state index in [4.69, 9.17) is 9.97 Å². The molecule has 0 atom stereocenters. The van der Waals surface area contributed by atoms with Crippen molar-refractivity contribution in [2.75, 3.05) is 0 Å². The zero-order valence-electron chi connectivity index (χ0n) is 32.3. The van der Waals surface area contributed by atoms with Gasteiger partial charge in [0.15, 0.2) is 5.82 Å². The van der Waals surface area contributed by atoms with E-state index in [9.17, 15) is 0 Å². The Kier molecular flexibility index (Phi) is 8.06. The van der Waals surface area contributed by atoms with Crippen LogP contribution in [0, 0.1) is 0 Å². The molecule has 11 rings (SSSR count). The Morgan fingerprint density at radius 3 is 1.76 bits per heavy atom. The molecule has 8 aromatic carbocycles. The lowest BCUT2D eigenvalue weighted by atomic mass is 9.82. The number of fused-ring (bicyclic) bond motifs is 6. The third kappa shape index (κ3) is 5.78. The van der Waals surface area contributed by atoms with Gasteiger partial charge in [0.1, 0.15) is 0 Å². The quantitative estimate of drug-likeness (QED) is 0.169. The van der Waals surface area contributed by atoms with Crippen LogP contribution in [0.3, 0.4) is 0 Å². The van der Waals surface area contributed by atoms with Crippen LogP contribution in [0.1, 0.15) is 25.0 Å². The van der Waals surface area contributed by atoms with Gasteiger partial charge in [0.05, 0.1) is 11.4 Å². The van der Waals surface area contributed by atoms with E-state index < -0.39 is 0 Å². The molecular formula is C55H38N2S. The van der Waals surface area contributed by atoms with Crippen molar-refractivity contribution in [1.29, 1.82) is 0 Å². The van der Waals surface area contributed by atoms with Crippen molar-refractivity contribution in [2.24, 2.45) is 0 Å². The Morgan fingerprint density at radius 1 is 0.362 bits per heavy atom. The number of nitrogens with zero attached hydrogens (tertiary/aromatic N) is 2. The topological polar surface area (TPSA) is 25.8 Å². The Morgan fingerprint density at radius 2 is 0.931 bits per heavy atom. The van der Waals surface area contributed by atoms with Crippen molar-refractivity contribution in [1.82, 2.24) is 9.97 Å². The molecule has 274 valence electrons. The highest BCUT2D eigenvalue weighted by molar-refractivity contribution is 7.26. The standard InChI is InChI=1S/C55H38N2S/c1-55(2)48-25-11-9-21-44(48)45-28-27-38(33-49(45)55)50-34-51(57-54(56-50)39-20-13-19-37(29-39)35-15-5-3-6-16-35)42-31-40(36-17-7-4-8-18-36)30-41(32-42)43-23-14-24-47-46-22-10-12-26-52(46)58-53(43)47/h3-34H,1-2H3. The summed E-state index contributed by atoms with van der Waals surface area (Å²) in [6, 6.07) is 70.1. The summed E-state index contributed by atoms with van der Waals surface area (Å²) >= 11 is 1.86. The second kappa shape index (κ2) is 13.6. The molecule has 0 bridgehead atoms. The van der Waals surface area contributed by atoms with Crippen LogP contribution in [-0.2, 0) is 5.41 Å². The maximum absolute atomic E-state index is 5.43. The first-order valence-electron chi connectivity index (χ1n) is 19.9. The summed E-state index contributed by atoms with van der Waals surface area (Å²) in [5.41, 5.74) is 17.1. The fourth-order valence-corrected chi connectivity index (χ4v) is 10.1. The predicted octanol–water partition coefficient (Wildman–Crippen LogP) is 15.2. The largest absolute Gasteiger partial charge is 0.228 e. The summed E-state index contributed by atoms with van der Waals surface area (Å²) in [7, 11) is 0. The first-order chi connectivity index (χ1) is 28.5. The van der Waals surface area contributed by atoms with E-state index in [0.29, 0.717) is 5.82 Å². The van der Waals surface area contributed by atoms with Crippen molar-refractivity contribution in [3.05, 3.63) is 205 Å². The van der Waals surface area contributed by atoms with E-state index >= 15 is 0 Å². The van der Waals surface area contributed by atoms with Crippen LogP contribution in [0.25, 0.3) is 98.6 Å². The molecule has 0 radical (unpaired) electrons. The molecule has 0 aliphatic heterocycles. The van der Waals surface area contributed by atoms with Gasteiger partial charge in [0.2, 0.25) is 0 Å². The molecule has 0 saturated carbocycles. The highest BCUT2D eigenvalue weighted by atomic mass is 32.1. The van der Waals surface area contributed by atoms with Gasteiger partial charge in [-0.05, 0) is 98.1 Å². The van der Waals surface area contributed by atoms with Crippen LogP contribution in [0.5, 0.6) is 0 Å². The molecule has 0 saturated heterocycles. The lowest BCUT2D eigenvalue weighted by molar-refractivity contribution is 0.660. The number of hydrogen-bond acceptors (Lipinski definition) is 3. The lowest BCUT2D eigenvalue weighted by Crippen LogP contribution is -2.14. The smallest absolute Gasteiger partial charge is 0.160 e. The van der Waals surface area contributed by atoms with Crippen LogP contribution >= 0.6 is 11.3 Å². The van der Waals surface area contributed by atoms with Crippen molar-refractivity contribution in [3.63, 3.8) is 0 Å². The summed E-state index contributed by atoms with van der Waals surface area (Å²) in [5.74, 6) is 0.701. The number of aromatic nitrogens is 2. The van der Waals surface area contributed by atoms with Gasteiger partial charge < -0.3 is 0 Å². The van der Waals surface area contributed by atoms with E-state index in [0.717, 1.165) is 44.8 Å². The lowest BCUT2D eigenvalue weighted by Gasteiger charge is -2.22. The van der Waals surface area contributed by atoms with Crippen molar-refractivity contribution in [2.45, 2.75) is 19.3 Å². The van der Waals surface area contributed by atoms with Crippen molar-refractivity contribution < 1.29 is 0 Å². The highest BCUT2D eigenvalue weighted by Gasteiger charge is 2.35. The van der Waals surface area contributed by atoms with Gasteiger partial charge in [-0.2, -0.15) is 0 Å². The van der Waals surface area contributed by atoms with Gasteiger partial charge in [-0.1, -0.05) is 166 Å².